The van der Waals surface area contributed by atoms with Gasteiger partial charge in [0.05, 0.1) is 11.0 Å². The molecule has 18 heavy (non-hydrogen) atoms. The maximum atomic E-state index is 11.2. The van der Waals surface area contributed by atoms with Crippen molar-refractivity contribution in [1.29, 1.82) is 0 Å². The summed E-state index contributed by atoms with van der Waals surface area (Å²) in [7, 11) is 1.65. The maximum absolute atomic E-state index is 11.2. The highest BCUT2D eigenvalue weighted by atomic mass is 35.7. The van der Waals surface area contributed by atoms with E-state index in [4.69, 9.17) is 15.4 Å². The zero-order chi connectivity index (χ0) is 13.2. The van der Waals surface area contributed by atoms with E-state index in [0.717, 1.165) is 24.2 Å². The number of hydrogen-bond donors (Lipinski definition) is 0. The largest absolute Gasteiger partial charge is 0.490 e. The first-order valence-corrected chi connectivity index (χ1v) is 8.50. The lowest BCUT2D eigenvalue weighted by molar-refractivity contribution is 0.154. The van der Waals surface area contributed by atoms with Gasteiger partial charge in [-0.05, 0) is 56.4 Å². The van der Waals surface area contributed by atoms with Crippen LogP contribution >= 0.6 is 10.7 Å². The van der Waals surface area contributed by atoms with Crippen molar-refractivity contribution >= 4 is 19.7 Å². The summed E-state index contributed by atoms with van der Waals surface area (Å²) in [5, 5.41) is 0. The average Bonchev–Trinajstić information content (AvgIpc) is 2.32. The third-order valence-corrected chi connectivity index (χ3v) is 4.63. The molecule has 0 aromatic heterocycles. The van der Waals surface area contributed by atoms with Crippen molar-refractivity contribution in [2.24, 2.45) is 0 Å². The molecule has 1 aromatic carbocycles. The summed E-state index contributed by atoms with van der Waals surface area (Å²) in [6, 6.07) is 4.74. The third kappa shape index (κ3) is 3.39. The monoisotopic (exact) mass is 288 g/mol. The second-order valence-corrected chi connectivity index (χ2v) is 7.31. The Bertz CT molecular complexity index is 519. The molecule has 0 radical (unpaired) electrons. The van der Waals surface area contributed by atoms with E-state index in [1.165, 1.54) is 25.3 Å². The van der Waals surface area contributed by atoms with Crippen molar-refractivity contribution in [2.45, 2.75) is 50.0 Å². The van der Waals surface area contributed by atoms with Crippen molar-refractivity contribution in [3.63, 3.8) is 0 Å². The number of ether oxygens (including phenoxy) is 1. The minimum absolute atomic E-state index is 0.123. The second kappa shape index (κ2) is 5.49. The first-order valence-electron chi connectivity index (χ1n) is 6.19. The highest BCUT2D eigenvalue weighted by Crippen LogP contribution is 2.28. The summed E-state index contributed by atoms with van der Waals surface area (Å²) in [5.74, 6) is 0.756. The maximum Gasteiger partial charge on any atom is 0.261 e. The van der Waals surface area contributed by atoms with E-state index in [0.29, 0.717) is 0 Å². The highest BCUT2D eigenvalue weighted by molar-refractivity contribution is 8.13. The molecular formula is C13H17ClO3S. The van der Waals surface area contributed by atoms with E-state index in [-0.39, 0.29) is 11.0 Å². The molecule has 0 aliphatic heterocycles. The molecule has 100 valence electrons. The van der Waals surface area contributed by atoms with Crippen molar-refractivity contribution in [1.82, 2.24) is 0 Å². The SMILES string of the molecule is Cc1cc(S(=O)(=O)Cl)ccc1OC1CCCCC1. The molecule has 0 saturated heterocycles. The quantitative estimate of drug-likeness (QED) is 0.798. The van der Waals surface area contributed by atoms with E-state index < -0.39 is 9.05 Å². The normalized spacial score (nSPS) is 17.7. The minimum atomic E-state index is -3.66. The van der Waals surface area contributed by atoms with Crippen LogP contribution in [-0.4, -0.2) is 14.5 Å². The fraction of sp³-hybridized carbons (Fsp3) is 0.538. The molecule has 0 bridgehead atoms. The van der Waals surface area contributed by atoms with Crippen LogP contribution < -0.4 is 4.74 Å². The smallest absolute Gasteiger partial charge is 0.261 e. The Morgan fingerprint density at radius 3 is 2.44 bits per heavy atom. The van der Waals surface area contributed by atoms with Gasteiger partial charge >= 0.3 is 0 Å². The van der Waals surface area contributed by atoms with Crippen LogP contribution in [-0.2, 0) is 9.05 Å². The molecule has 1 aliphatic carbocycles. The fourth-order valence-corrected chi connectivity index (χ4v) is 3.10. The summed E-state index contributed by atoms with van der Waals surface area (Å²) in [5.41, 5.74) is 0.808. The predicted molar refractivity (Wildman–Crippen MR) is 71.7 cm³/mol. The summed E-state index contributed by atoms with van der Waals surface area (Å²) >= 11 is 0. The van der Waals surface area contributed by atoms with Gasteiger partial charge in [-0.15, -0.1) is 0 Å². The molecule has 0 heterocycles. The summed E-state index contributed by atoms with van der Waals surface area (Å²) < 4.78 is 28.3. The molecule has 1 saturated carbocycles. The number of benzene rings is 1. The molecule has 1 fully saturated rings. The van der Waals surface area contributed by atoms with Crippen LogP contribution in [0.25, 0.3) is 0 Å². The van der Waals surface area contributed by atoms with E-state index >= 15 is 0 Å². The van der Waals surface area contributed by atoms with E-state index in [9.17, 15) is 8.42 Å². The van der Waals surface area contributed by atoms with E-state index in [1.54, 1.807) is 12.1 Å². The molecule has 0 amide bonds. The highest BCUT2D eigenvalue weighted by Gasteiger charge is 2.17. The Kier molecular flexibility index (Phi) is 4.17. The summed E-state index contributed by atoms with van der Waals surface area (Å²) in [6.07, 6.45) is 6.11. The predicted octanol–water partition coefficient (Wildman–Crippen LogP) is 3.63. The van der Waals surface area contributed by atoms with Crippen LogP contribution in [0.2, 0.25) is 0 Å². The van der Waals surface area contributed by atoms with E-state index in [2.05, 4.69) is 0 Å². The second-order valence-electron chi connectivity index (χ2n) is 4.74. The van der Waals surface area contributed by atoms with Crippen LogP contribution in [0.1, 0.15) is 37.7 Å². The Morgan fingerprint density at radius 1 is 1.22 bits per heavy atom. The van der Waals surface area contributed by atoms with Crippen LogP contribution in [0.15, 0.2) is 23.1 Å². The van der Waals surface area contributed by atoms with Gasteiger partial charge in [-0.2, -0.15) is 0 Å². The molecule has 3 nitrogen and oxygen atoms in total. The molecule has 1 aromatic rings. The van der Waals surface area contributed by atoms with Gasteiger partial charge in [-0.3, -0.25) is 0 Å². The Hall–Kier alpha value is -0.740. The van der Waals surface area contributed by atoms with Gasteiger partial charge in [0.2, 0.25) is 0 Å². The third-order valence-electron chi connectivity index (χ3n) is 3.27. The lowest BCUT2D eigenvalue weighted by Crippen LogP contribution is -2.20. The fourth-order valence-electron chi connectivity index (χ4n) is 2.27. The number of halogens is 1. The summed E-state index contributed by atoms with van der Waals surface area (Å²) in [6.45, 7) is 1.84. The minimum Gasteiger partial charge on any atom is -0.490 e. The average molecular weight is 289 g/mol. The lowest BCUT2D eigenvalue weighted by atomic mass is 9.98. The molecule has 1 aliphatic rings. The molecule has 0 unspecified atom stereocenters. The number of rotatable bonds is 3. The van der Waals surface area contributed by atoms with Crippen LogP contribution in [0.4, 0.5) is 0 Å². The van der Waals surface area contributed by atoms with Crippen molar-refractivity contribution < 1.29 is 13.2 Å². The first kappa shape index (κ1) is 13.7. The van der Waals surface area contributed by atoms with Crippen LogP contribution in [0.5, 0.6) is 5.75 Å². The topological polar surface area (TPSA) is 43.4 Å². The van der Waals surface area contributed by atoms with Crippen molar-refractivity contribution in [2.75, 3.05) is 0 Å². The Balaban J connectivity index is 2.14. The zero-order valence-corrected chi connectivity index (χ0v) is 11.9. The molecule has 0 N–H and O–H groups in total. The van der Waals surface area contributed by atoms with E-state index in [1.807, 2.05) is 6.92 Å². The van der Waals surface area contributed by atoms with Crippen molar-refractivity contribution in [3.8, 4) is 5.75 Å². The lowest BCUT2D eigenvalue weighted by Gasteiger charge is -2.24. The van der Waals surface area contributed by atoms with Gasteiger partial charge in [0.1, 0.15) is 5.75 Å². The molecule has 5 heteroatoms. The van der Waals surface area contributed by atoms with Gasteiger partial charge in [0, 0.05) is 10.7 Å². The van der Waals surface area contributed by atoms with Crippen LogP contribution in [0, 0.1) is 6.92 Å². The molecule has 2 rings (SSSR count). The standard InChI is InChI=1S/C13H17ClO3S/c1-10-9-12(18(14,15)16)7-8-13(10)17-11-5-3-2-4-6-11/h7-9,11H,2-6H2,1H3. The van der Waals surface area contributed by atoms with Gasteiger partial charge in [0.15, 0.2) is 0 Å². The molecule has 0 atom stereocenters. The summed E-state index contributed by atoms with van der Waals surface area (Å²) in [4.78, 5) is 0.123. The zero-order valence-electron chi connectivity index (χ0n) is 10.4. The van der Waals surface area contributed by atoms with Gasteiger partial charge in [0.25, 0.3) is 9.05 Å². The Labute approximate surface area is 113 Å². The van der Waals surface area contributed by atoms with Gasteiger partial charge in [-0.25, -0.2) is 8.42 Å². The van der Waals surface area contributed by atoms with Crippen molar-refractivity contribution in [3.05, 3.63) is 23.8 Å². The number of hydrogen-bond acceptors (Lipinski definition) is 3. The first-order chi connectivity index (χ1) is 8.47. The number of aryl methyl sites for hydroxylation is 1. The van der Waals surface area contributed by atoms with Gasteiger partial charge in [-0.1, -0.05) is 6.42 Å². The molecule has 0 spiro atoms. The molecular weight excluding hydrogens is 272 g/mol. The van der Waals surface area contributed by atoms with Crippen LogP contribution in [0.3, 0.4) is 0 Å². The van der Waals surface area contributed by atoms with Gasteiger partial charge < -0.3 is 4.74 Å². The Morgan fingerprint density at radius 2 is 1.89 bits per heavy atom.